The molecule has 0 spiro atoms. The number of amides is 1. The van der Waals surface area contributed by atoms with Gasteiger partial charge in [-0.2, -0.15) is 0 Å². The van der Waals surface area contributed by atoms with Crippen LogP contribution in [0.15, 0.2) is 48.5 Å². The number of hydrogen-bond donors (Lipinski definition) is 0. The minimum atomic E-state index is 0.142. The topological polar surface area (TPSA) is 42.0 Å². The fourth-order valence-electron chi connectivity index (χ4n) is 4.79. The zero-order valence-electron chi connectivity index (χ0n) is 18.0. The number of carbonyl (C=O) groups is 1. The van der Waals surface area contributed by atoms with Gasteiger partial charge in [-0.3, -0.25) is 9.69 Å². The molecule has 0 aliphatic carbocycles. The summed E-state index contributed by atoms with van der Waals surface area (Å²) in [4.78, 5) is 17.9. The van der Waals surface area contributed by atoms with Crippen molar-refractivity contribution < 1.29 is 14.3 Å². The van der Waals surface area contributed by atoms with E-state index < -0.39 is 0 Å². The number of likely N-dealkylation sites (tertiary alicyclic amines) is 2. The van der Waals surface area contributed by atoms with Crippen LogP contribution in [-0.4, -0.2) is 49.6 Å². The second kappa shape index (κ2) is 9.52. The van der Waals surface area contributed by atoms with E-state index in [2.05, 4.69) is 34.1 Å². The van der Waals surface area contributed by atoms with Crippen LogP contribution in [0.25, 0.3) is 0 Å². The number of rotatable bonds is 6. The van der Waals surface area contributed by atoms with Crippen molar-refractivity contribution in [3.05, 3.63) is 59.7 Å². The Kier molecular flexibility index (Phi) is 6.58. The summed E-state index contributed by atoms with van der Waals surface area (Å²) < 4.78 is 10.6. The van der Waals surface area contributed by atoms with E-state index in [9.17, 15) is 4.79 Å². The summed E-state index contributed by atoms with van der Waals surface area (Å²) in [6.07, 6.45) is 3.99. The van der Waals surface area contributed by atoms with Crippen LogP contribution in [0.1, 0.15) is 42.9 Å². The molecule has 2 saturated heterocycles. The van der Waals surface area contributed by atoms with Crippen molar-refractivity contribution in [2.24, 2.45) is 5.92 Å². The summed E-state index contributed by atoms with van der Waals surface area (Å²) in [7, 11) is 3.38. The van der Waals surface area contributed by atoms with Gasteiger partial charge in [-0.1, -0.05) is 24.3 Å². The van der Waals surface area contributed by atoms with Gasteiger partial charge >= 0.3 is 0 Å². The summed E-state index contributed by atoms with van der Waals surface area (Å²) in [6, 6.07) is 16.6. The molecular formula is C25H32N2O3. The normalized spacial score (nSPS) is 20.3. The first kappa shape index (κ1) is 20.7. The molecule has 2 aliphatic rings. The van der Waals surface area contributed by atoms with E-state index in [1.807, 2.05) is 24.3 Å². The predicted octanol–water partition coefficient (Wildman–Crippen LogP) is 4.28. The van der Waals surface area contributed by atoms with Crippen molar-refractivity contribution >= 4 is 5.91 Å². The molecule has 160 valence electrons. The van der Waals surface area contributed by atoms with E-state index in [1.54, 1.807) is 14.2 Å². The zero-order chi connectivity index (χ0) is 20.9. The molecule has 2 aliphatic heterocycles. The summed E-state index contributed by atoms with van der Waals surface area (Å²) in [5.74, 6) is 2.23. The van der Waals surface area contributed by atoms with E-state index >= 15 is 0 Å². The molecule has 2 aromatic rings. The van der Waals surface area contributed by atoms with Gasteiger partial charge in [-0.15, -0.1) is 0 Å². The first-order valence-electron chi connectivity index (χ1n) is 11.0. The summed E-state index contributed by atoms with van der Waals surface area (Å²) in [6.45, 7) is 3.74. The molecule has 1 unspecified atom stereocenters. The van der Waals surface area contributed by atoms with Crippen LogP contribution in [0.4, 0.5) is 0 Å². The van der Waals surface area contributed by atoms with E-state index in [0.29, 0.717) is 5.91 Å². The number of methoxy groups -OCH3 is 2. The highest BCUT2D eigenvalue weighted by Crippen LogP contribution is 2.36. The monoisotopic (exact) mass is 408 g/mol. The highest BCUT2D eigenvalue weighted by atomic mass is 16.5. The number of nitrogens with zero attached hydrogens (tertiary/aromatic N) is 2. The second-order valence-corrected chi connectivity index (χ2v) is 8.36. The Balaban J connectivity index is 1.34. The average Bonchev–Trinajstić information content (AvgIpc) is 3.30. The van der Waals surface area contributed by atoms with Crippen molar-refractivity contribution in [2.75, 3.05) is 33.9 Å². The minimum Gasteiger partial charge on any atom is -0.497 e. The maximum absolute atomic E-state index is 13.3. The molecule has 4 rings (SSSR count). The van der Waals surface area contributed by atoms with Gasteiger partial charge in [0.25, 0.3) is 0 Å². The predicted molar refractivity (Wildman–Crippen MR) is 118 cm³/mol. The van der Waals surface area contributed by atoms with Crippen LogP contribution >= 0.6 is 0 Å². The van der Waals surface area contributed by atoms with E-state index in [4.69, 9.17) is 9.47 Å². The Hall–Kier alpha value is -2.53. The van der Waals surface area contributed by atoms with Crippen molar-refractivity contribution in [3.63, 3.8) is 0 Å². The molecule has 2 aromatic carbocycles. The standard InChI is InChI=1S/C25H32N2O3/c1-29-22-10-8-19(9-11-22)18-26-15-12-20(13-16-26)25(28)27-14-4-7-24(27)21-5-3-6-23(17-21)30-2/h3,5-6,8-11,17,20,24H,4,7,12-16,18H2,1-2H3. The molecule has 30 heavy (non-hydrogen) atoms. The number of piperidine rings is 1. The molecule has 2 fully saturated rings. The molecule has 0 radical (unpaired) electrons. The number of hydrogen-bond acceptors (Lipinski definition) is 4. The highest BCUT2D eigenvalue weighted by molar-refractivity contribution is 5.79. The maximum Gasteiger partial charge on any atom is 0.226 e. The fraction of sp³-hybridized carbons (Fsp3) is 0.480. The molecule has 0 saturated carbocycles. The SMILES string of the molecule is COc1ccc(CN2CCC(C(=O)N3CCCC3c3cccc(OC)c3)CC2)cc1. The Morgan fingerprint density at radius 2 is 1.67 bits per heavy atom. The zero-order valence-corrected chi connectivity index (χ0v) is 18.0. The Morgan fingerprint density at radius 1 is 0.933 bits per heavy atom. The lowest BCUT2D eigenvalue weighted by molar-refractivity contribution is -0.138. The Bertz CT molecular complexity index is 844. The molecule has 0 bridgehead atoms. The molecule has 5 nitrogen and oxygen atoms in total. The quantitative estimate of drug-likeness (QED) is 0.716. The Labute approximate surface area is 179 Å². The Morgan fingerprint density at radius 3 is 2.37 bits per heavy atom. The first-order valence-corrected chi connectivity index (χ1v) is 11.0. The summed E-state index contributed by atoms with van der Waals surface area (Å²) in [5, 5.41) is 0. The number of ether oxygens (including phenoxy) is 2. The fourth-order valence-corrected chi connectivity index (χ4v) is 4.79. The molecule has 0 N–H and O–H groups in total. The molecule has 0 aromatic heterocycles. The third-order valence-electron chi connectivity index (χ3n) is 6.52. The van der Waals surface area contributed by atoms with Crippen LogP contribution < -0.4 is 9.47 Å². The second-order valence-electron chi connectivity index (χ2n) is 8.36. The van der Waals surface area contributed by atoms with Crippen LogP contribution in [0, 0.1) is 5.92 Å². The average molecular weight is 409 g/mol. The third-order valence-corrected chi connectivity index (χ3v) is 6.52. The lowest BCUT2D eigenvalue weighted by Gasteiger charge is -2.35. The van der Waals surface area contributed by atoms with Crippen LogP contribution in [0.3, 0.4) is 0 Å². The number of carbonyl (C=O) groups excluding carboxylic acids is 1. The number of benzene rings is 2. The van der Waals surface area contributed by atoms with E-state index in [-0.39, 0.29) is 12.0 Å². The van der Waals surface area contributed by atoms with Crippen molar-refractivity contribution in [1.82, 2.24) is 9.80 Å². The summed E-state index contributed by atoms with van der Waals surface area (Å²) >= 11 is 0. The first-order chi connectivity index (χ1) is 14.7. The molecular weight excluding hydrogens is 376 g/mol. The van der Waals surface area contributed by atoms with Gasteiger partial charge in [0.2, 0.25) is 5.91 Å². The van der Waals surface area contributed by atoms with Crippen LogP contribution in [-0.2, 0) is 11.3 Å². The van der Waals surface area contributed by atoms with Gasteiger partial charge in [0.05, 0.1) is 20.3 Å². The third kappa shape index (κ3) is 4.62. The summed E-state index contributed by atoms with van der Waals surface area (Å²) in [5.41, 5.74) is 2.48. The van der Waals surface area contributed by atoms with Gasteiger partial charge < -0.3 is 14.4 Å². The largest absolute Gasteiger partial charge is 0.497 e. The minimum absolute atomic E-state index is 0.142. The van der Waals surface area contributed by atoms with Gasteiger partial charge in [-0.05, 0) is 74.2 Å². The van der Waals surface area contributed by atoms with E-state index in [0.717, 1.165) is 63.4 Å². The maximum atomic E-state index is 13.3. The van der Waals surface area contributed by atoms with Gasteiger partial charge in [-0.25, -0.2) is 0 Å². The highest BCUT2D eigenvalue weighted by Gasteiger charge is 2.35. The molecule has 1 atom stereocenters. The van der Waals surface area contributed by atoms with Crippen LogP contribution in [0.2, 0.25) is 0 Å². The lowest BCUT2D eigenvalue weighted by Crippen LogP contribution is -2.42. The van der Waals surface area contributed by atoms with E-state index in [1.165, 1.54) is 11.1 Å². The van der Waals surface area contributed by atoms with Crippen molar-refractivity contribution in [3.8, 4) is 11.5 Å². The van der Waals surface area contributed by atoms with Gasteiger partial charge in [0.15, 0.2) is 0 Å². The van der Waals surface area contributed by atoms with Crippen LogP contribution in [0.5, 0.6) is 11.5 Å². The smallest absolute Gasteiger partial charge is 0.226 e. The molecule has 5 heteroatoms. The van der Waals surface area contributed by atoms with Gasteiger partial charge in [0.1, 0.15) is 11.5 Å². The molecule has 1 amide bonds. The lowest BCUT2D eigenvalue weighted by atomic mass is 9.94. The molecule has 2 heterocycles. The van der Waals surface area contributed by atoms with Gasteiger partial charge in [0, 0.05) is 19.0 Å². The van der Waals surface area contributed by atoms with Crippen molar-refractivity contribution in [2.45, 2.75) is 38.3 Å². The van der Waals surface area contributed by atoms with Crippen molar-refractivity contribution in [1.29, 1.82) is 0 Å².